The molecule has 0 unspecified atom stereocenters. The zero-order chi connectivity index (χ0) is 22.9. The van der Waals surface area contributed by atoms with Crippen LogP contribution in [-0.2, 0) is 0 Å². The Hall–Kier alpha value is -3.68. The van der Waals surface area contributed by atoms with Crippen LogP contribution in [-0.4, -0.2) is 25.7 Å². The SMILES string of the molecule is O=C(O)c1cccc(-n2cccc2[C@H]2[C@H](c3ccccn3)NC(=S)N2c2ccc(Cl)cc2)c1. The molecule has 5 rings (SSSR count). The van der Waals surface area contributed by atoms with Gasteiger partial charge in [0.15, 0.2) is 5.11 Å². The van der Waals surface area contributed by atoms with Crippen LogP contribution in [0.1, 0.15) is 33.8 Å². The molecular weight excluding hydrogens is 456 g/mol. The maximum absolute atomic E-state index is 11.5. The van der Waals surface area contributed by atoms with Crippen LogP contribution in [0.4, 0.5) is 5.69 Å². The maximum atomic E-state index is 11.5. The number of rotatable bonds is 5. The van der Waals surface area contributed by atoms with E-state index in [9.17, 15) is 9.90 Å². The van der Waals surface area contributed by atoms with Gasteiger partial charge in [-0.25, -0.2) is 4.79 Å². The van der Waals surface area contributed by atoms with Gasteiger partial charge >= 0.3 is 5.97 Å². The monoisotopic (exact) mass is 474 g/mol. The highest BCUT2D eigenvalue weighted by atomic mass is 35.5. The zero-order valence-corrected chi connectivity index (χ0v) is 18.9. The van der Waals surface area contributed by atoms with Gasteiger partial charge in [0, 0.05) is 34.5 Å². The average molecular weight is 475 g/mol. The average Bonchev–Trinajstić information content (AvgIpc) is 3.44. The molecule has 0 bridgehead atoms. The number of thiocarbonyl (C=S) groups is 1. The molecule has 8 heteroatoms. The summed E-state index contributed by atoms with van der Waals surface area (Å²) in [6.07, 6.45) is 3.69. The summed E-state index contributed by atoms with van der Waals surface area (Å²) in [6.45, 7) is 0. The Morgan fingerprint density at radius 2 is 1.82 bits per heavy atom. The van der Waals surface area contributed by atoms with E-state index in [-0.39, 0.29) is 17.6 Å². The minimum absolute atomic E-state index is 0.217. The Morgan fingerprint density at radius 1 is 1.00 bits per heavy atom. The predicted octanol–water partition coefficient (Wildman–Crippen LogP) is 5.40. The van der Waals surface area contributed by atoms with Crippen molar-refractivity contribution in [3.05, 3.63) is 113 Å². The highest BCUT2D eigenvalue weighted by Gasteiger charge is 2.42. The molecular formula is C25H19ClN4O2S. The molecule has 4 aromatic rings. The second kappa shape index (κ2) is 8.69. The van der Waals surface area contributed by atoms with Crippen LogP contribution in [0, 0.1) is 0 Å². The van der Waals surface area contributed by atoms with Gasteiger partial charge in [0.05, 0.1) is 17.3 Å². The summed E-state index contributed by atoms with van der Waals surface area (Å²) in [5, 5.41) is 14.1. The van der Waals surface area contributed by atoms with Crippen molar-refractivity contribution >= 4 is 40.6 Å². The van der Waals surface area contributed by atoms with Crippen molar-refractivity contribution in [2.75, 3.05) is 4.90 Å². The number of hydrogen-bond acceptors (Lipinski definition) is 3. The summed E-state index contributed by atoms with van der Waals surface area (Å²) in [5.74, 6) is -0.969. The lowest BCUT2D eigenvalue weighted by molar-refractivity contribution is 0.0697. The number of halogens is 1. The molecule has 1 aliphatic rings. The van der Waals surface area contributed by atoms with Gasteiger partial charge in [0.2, 0.25) is 0 Å². The molecule has 1 aliphatic heterocycles. The van der Waals surface area contributed by atoms with Crippen molar-refractivity contribution in [2.24, 2.45) is 0 Å². The van der Waals surface area contributed by atoms with E-state index in [0.717, 1.165) is 22.8 Å². The van der Waals surface area contributed by atoms with E-state index in [1.165, 1.54) is 0 Å². The van der Waals surface area contributed by atoms with Crippen LogP contribution in [0.5, 0.6) is 0 Å². The van der Waals surface area contributed by atoms with Gasteiger partial charge < -0.3 is 19.9 Å². The van der Waals surface area contributed by atoms with E-state index in [1.54, 1.807) is 24.4 Å². The standard InChI is InChI=1S/C25H19ClN4O2S/c26-17-9-11-18(12-10-17)30-23(22(28-25(30)33)20-7-1-2-13-27-20)21-8-4-14-29(21)19-6-3-5-16(15-19)24(31)32/h1-15,22-23H,(H,28,33)(H,31,32)/t22-,23-/m0/s1. The van der Waals surface area contributed by atoms with Crippen molar-refractivity contribution in [1.82, 2.24) is 14.9 Å². The van der Waals surface area contributed by atoms with E-state index in [0.29, 0.717) is 10.1 Å². The molecule has 33 heavy (non-hydrogen) atoms. The summed E-state index contributed by atoms with van der Waals surface area (Å²) < 4.78 is 1.99. The van der Waals surface area contributed by atoms with Crippen LogP contribution in [0.3, 0.4) is 0 Å². The highest BCUT2D eigenvalue weighted by molar-refractivity contribution is 7.80. The van der Waals surface area contributed by atoms with Crippen molar-refractivity contribution in [3.63, 3.8) is 0 Å². The maximum Gasteiger partial charge on any atom is 0.335 e. The van der Waals surface area contributed by atoms with Gasteiger partial charge in [0.1, 0.15) is 6.04 Å². The van der Waals surface area contributed by atoms with Crippen LogP contribution < -0.4 is 10.2 Å². The Morgan fingerprint density at radius 3 is 2.55 bits per heavy atom. The number of carboxylic acid groups (broad SMARTS) is 1. The molecule has 2 aromatic heterocycles. The molecule has 2 atom stereocenters. The van der Waals surface area contributed by atoms with Gasteiger partial charge in [-0.15, -0.1) is 0 Å². The molecule has 0 amide bonds. The van der Waals surface area contributed by atoms with Crippen molar-refractivity contribution in [1.29, 1.82) is 0 Å². The quantitative estimate of drug-likeness (QED) is 0.377. The van der Waals surface area contributed by atoms with E-state index in [4.69, 9.17) is 23.8 Å². The highest BCUT2D eigenvalue weighted by Crippen LogP contribution is 2.42. The molecule has 6 nitrogen and oxygen atoms in total. The largest absolute Gasteiger partial charge is 0.478 e. The Labute approximate surface area is 201 Å². The van der Waals surface area contributed by atoms with E-state index in [2.05, 4.69) is 15.2 Å². The third kappa shape index (κ3) is 3.97. The Bertz CT molecular complexity index is 1320. The van der Waals surface area contributed by atoms with Crippen molar-refractivity contribution < 1.29 is 9.90 Å². The lowest BCUT2D eigenvalue weighted by atomic mass is 10.0. The second-order valence-corrected chi connectivity index (χ2v) is 8.45. The molecule has 0 aliphatic carbocycles. The van der Waals surface area contributed by atoms with Gasteiger partial charge in [-0.05, 0) is 78.9 Å². The molecule has 3 heterocycles. The zero-order valence-electron chi connectivity index (χ0n) is 17.3. The number of pyridine rings is 1. The summed E-state index contributed by atoms with van der Waals surface area (Å²) in [7, 11) is 0. The third-order valence-electron chi connectivity index (χ3n) is 5.66. The van der Waals surface area contributed by atoms with Crippen LogP contribution in [0.25, 0.3) is 5.69 Å². The molecule has 0 spiro atoms. The number of hydrogen-bond donors (Lipinski definition) is 2. The Kier molecular flexibility index (Phi) is 5.58. The van der Waals surface area contributed by atoms with Crippen LogP contribution >= 0.6 is 23.8 Å². The first-order valence-corrected chi connectivity index (χ1v) is 11.1. The topological polar surface area (TPSA) is 70.4 Å². The predicted molar refractivity (Wildman–Crippen MR) is 132 cm³/mol. The van der Waals surface area contributed by atoms with E-state index < -0.39 is 5.97 Å². The number of anilines is 1. The molecule has 2 N–H and O–H groups in total. The van der Waals surface area contributed by atoms with E-state index >= 15 is 0 Å². The molecule has 2 aromatic carbocycles. The van der Waals surface area contributed by atoms with Gasteiger partial charge in [0.25, 0.3) is 0 Å². The number of carbonyl (C=O) groups is 1. The molecule has 1 fully saturated rings. The Balaban J connectivity index is 1.66. The first-order chi connectivity index (χ1) is 16.0. The number of aromatic carboxylic acids is 1. The third-order valence-corrected chi connectivity index (χ3v) is 6.22. The molecule has 0 radical (unpaired) electrons. The van der Waals surface area contributed by atoms with E-state index in [1.807, 2.05) is 71.4 Å². The first-order valence-electron chi connectivity index (χ1n) is 10.3. The second-order valence-electron chi connectivity index (χ2n) is 7.63. The van der Waals surface area contributed by atoms with Crippen molar-refractivity contribution in [3.8, 4) is 5.69 Å². The number of benzene rings is 2. The lowest BCUT2D eigenvalue weighted by Crippen LogP contribution is -2.30. The van der Waals surface area contributed by atoms with Crippen molar-refractivity contribution in [2.45, 2.75) is 12.1 Å². The molecule has 1 saturated heterocycles. The molecule has 164 valence electrons. The smallest absolute Gasteiger partial charge is 0.335 e. The first kappa shape index (κ1) is 21.2. The summed E-state index contributed by atoms with van der Waals surface area (Å²) in [6, 6.07) is 23.7. The minimum atomic E-state index is -0.969. The summed E-state index contributed by atoms with van der Waals surface area (Å²) in [4.78, 5) is 18.2. The lowest BCUT2D eigenvalue weighted by Gasteiger charge is -2.29. The minimum Gasteiger partial charge on any atom is -0.478 e. The number of carboxylic acids is 1. The van der Waals surface area contributed by atoms with Gasteiger partial charge in [-0.3, -0.25) is 4.98 Å². The number of aromatic nitrogens is 2. The van der Waals surface area contributed by atoms with Gasteiger partial charge in [-0.1, -0.05) is 23.7 Å². The fraction of sp³-hybridized carbons (Fsp3) is 0.0800. The summed E-state index contributed by atoms with van der Waals surface area (Å²) >= 11 is 11.9. The van der Waals surface area contributed by atoms with Crippen LogP contribution in [0.2, 0.25) is 5.02 Å². The number of nitrogens with zero attached hydrogens (tertiary/aromatic N) is 3. The molecule has 0 saturated carbocycles. The fourth-order valence-corrected chi connectivity index (χ4v) is 4.67. The van der Waals surface area contributed by atoms with Crippen LogP contribution in [0.15, 0.2) is 91.3 Å². The fourth-order valence-electron chi connectivity index (χ4n) is 4.19. The summed E-state index contributed by atoms with van der Waals surface area (Å²) in [5.41, 5.74) is 3.67. The van der Waals surface area contributed by atoms with Gasteiger partial charge in [-0.2, -0.15) is 0 Å². The normalized spacial score (nSPS) is 17.7. The number of nitrogens with one attached hydrogen (secondary N) is 1.